The van der Waals surface area contributed by atoms with Gasteiger partial charge in [0, 0.05) is 5.57 Å². The number of nitriles is 1. The molecule has 0 radical (unpaired) electrons. The van der Waals surface area contributed by atoms with Crippen molar-refractivity contribution in [3.63, 3.8) is 0 Å². The number of carbonyl (C=O) groups is 1. The minimum atomic E-state index is -1.19. The lowest BCUT2D eigenvalue weighted by atomic mass is 9.82. The number of rotatable bonds is 9. The Balaban J connectivity index is 2.65. The first kappa shape index (κ1) is 20.5. The summed E-state index contributed by atoms with van der Waals surface area (Å²) in [6.07, 6.45) is 5.57. The number of carboxylic acids is 1. The molecule has 3 nitrogen and oxygen atoms in total. The Morgan fingerprint density at radius 2 is 1.70 bits per heavy atom. The van der Waals surface area contributed by atoms with Crippen molar-refractivity contribution in [2.45, 2.75) is 51.9 Å². The van der Waals surface area contributed by atoms with Crippen LogP contribution in [-0.4, -0.2) is 11.1 Å². The Bertz CT molecular complexity index is 831. The molecule has 3 heteroatoms. The molecule has 2 aromatic rings. The molecule has 0 aliphatic carbocycles. The molecule has 0 fully saturated rings. The Hall–Kier alpha value is -2.86. The van der Waals surface area contributed by atoms with Crippen LogP contribution in [0.5, 0.6) is 0 Å². The van der Waals surface area contributed by atoms with Crippen LogP contribution in [0.3, 0.4) is 0 Å². The minimum Gasteiger partial charge on any atom is -0.477 e. The number of aliphatic carboxylic acids is 1. The number of carboxylic acid groups (broad SMARTS) is 1. The lowest BCUT2D eigenvalue weighted by molar-refractivity contribution is -0.132. The van der Waals surface area contributed by atoms with E-state index in [9.17, 15) is 15.2 Å². The molecule has 0 aromatic heterocycles. The van der Waals surface area contributed by atoms with Gasteiger partial charge in [0.2, 0.25) is 0 Å². The predicted octanol–water partition coefficient (Wildman–Crippen LogP) is 6.17. The maximum absolute atomic E-state index is 11.8. The molecule has 27 heavy (non-hydrogen) atoms. The van der Waals surface area contributed by atoms with Crippen molar-refractivity contribution < 1.29 is 9.90 Å². The molecule has 1 N–H and O–H groups in total. The standard InChI is InChI=1S/C24H27NO2/c1-3-5-7-12-18(4-2)20-15-10-11-16-21(20)23(22(17-25)24(26)27)19-13-8-6-9-14-19/h6,8-11,13-16,18H,3-5,7,12H2,1-2H3,(H,26,27)/b23-22+. The van der Waals surface area contributed by atoms with Crippen LogP contribution in [-0.2, 0) is 4.79 Å². The smallest absolute Gasteiger partial charge is 0.347 e. The Morgan fingerprint density at radius 3 is 2.30 bits per heavy atom. The summed E-state index contributed by atoms with van der Waals surface area (Å²) in [5.41, 5.74) is 3.04. The first-order valence-corrected chi connectivity index (χ1v) is 9.66. The zero-order valence-corrected chi connectivity index (χ0v) is 16.1. The van der Waals surface area contributed by atoms with Crippen LogP contribution in [0.2, 0.25) is 0 Å². The van der Waals surface area contributed by atoms with E-state index in [1.807, 2.05) is 54.6 Å². The number of hydrogen-bond donors (Lipinski definition) is 1. The predicted molar refractivity (Wildman–Crippen MR) is 109 cm³/mol. The van der Waals surface area contributed by atoms with E-state index in [2.05, 4.69) is 19.9 Å². The van der Waals surface area contributed by atoms with Crippen molar-refractivity contribution >= 4 is 11.5 Å². The topological polar surface area (TPSA) is 61.1 Å². The minimum absolute atomic E-state index is 0.211. The van der Waals surface area contributed by atoms with Crippen molar-refractivity contribution in [1.82, 2.24) is 0 Å². The van der Waals surface area contributed by atoms with Gasteiger partial charge in [-0.3, -0.25) is 0 Å². The third-order valence-corrected chi connectivity index (χ3v) is 4.96. The van der Waals surface area contributed by atoms with Gasteiger partial charge in [0.1, 0.15) is 11.6 Å². The molecule has 0 amide bonds. The van der Waals surface area contributed by atoms with Gasteiger partial charge in [0.25, 0.3) is 0 Å². The highest BCUT2D eigenvalue weighted by molar-refractivity contribution is 6.04. The van der Waals surface area contributed by atoms with E-state index in [-0.39, 0.29) is 5.57 Å². The molecule has 0 spiro atoms. The molecule has 0 saturated carbocycles. The largest absolute Gasteiger partial charge is 0.477 e. The van der Waals surface area contributed by atoms with Crippen LogP contribution in [0.15, 0.2) is 60.2 Å². The third kappa shape index (κ3) is 5.08. The summed E-state index contributed by atoms with van der Waals surface area (Å²) >= 11 is 0. The highest BCUT2D eigenvalue weighted by atomic mass is 16.4. The van der Waals surface area contributed by atoms with Gasteiger partial charge in [0.05, 0.1) is 0 Å². The first-order valence-electron chi connectivity index (χ1n) is 9.66. The van der Waals surface area contributed by atoms with Crippen LogP contribution >= 0.6 is 0 Å². The Morgan fingerprint density at radius 1 is 1.04 bits per heavy atom. The van der Waals surface area contributed by atoms with Crippen LogP contribution in [0, 0.1) is 11.3 Å². The summed E-state index contributed by atoms with van der Waals surface area (Å²) in [7, 11) is 0. The Labute approximate surface area is 162 Å². The molecule has 0 aliphatic heterocycles. The second kappa shape index (κ2) is 10.3. The second-order valence-electron chi connectivity index (χ2n) is 6.72. The van der Waals surface area contributed by atoms with Crippen molar-refractivity contribution in [1.29, 1.82) is 5.26 Å². The molecule has 0 saturated heterocycles. The van der Waals surface area contributed by atoms with Gasteiger partial charge in [-0.05, 0) is 35.4 Å². The molecule has 2 aromatic carbocycles. The van der Waals surface area contributed by atoms with E-state index >= 15 is 0 Å². The molecule has 2 rings (SSSR count). The monoisotopic (exact) mass is 361 g/mol. The summed E-state index contributed by atoms with van der Waals surface area (Å²) in [5, 5.41) is 19.2. The van der Waals surface area contributed by atoms with Crippen LogP contribution in [0.25, 0.3) is 5.57 Å². The van der Waals surface area contributed by atoms with Crippen molar-refractivity contribution in [2.75, 3.05) is 0 Å². The molecular formula is C24H27NO2. The second-order valence-corrected chi connectivity index (χ2v) is 6.72. The lowest BCUT2D eigenvalue weighted by Crippen LogP contribution is -2.08. The Kier molecular flexibility index (Phi) is 7.82. The van der Waals surface area contributed by atoms with Crippen molar-refractivity contribution in [3.8, 4) is 6.07 Å². The summed E-state index contributed by atoms with van der Waals surface area (Å²) in [6, 6.07) is 19.2. The van der Waals surface area contributed by atoms with Crippen LogP contribution in [0.1, 0.15) is 68.6 Å². The van der Waals surface area contributed by atoms with Gasteiger partial charge in [-0.1, -0.05) is 87.7 Å². The van der Waals surface area contributed by atoms with Crippen molar-refractivity contribution in [2.24, 2.45) is 0 Å². The molecule has 1 unspecified atom stereocenters. The van der Waals surface area contributed by atoms with E-state index in [0.717, 1.165) is 36.0 Å². The summed E-state index contributed by atoms with van der Waals surface area (Å²) < 4.78 is 0. The molecular weight excluding hydrogens is 334 g/mol. The molecule has 0 heterocycles. The fourth-order valence-corrected chi connectivity index (χ4v) is 3.55. The van der Waals surface area contributed by atoms with Crippen LogP contribution in [0.4, 0.5) is 0 Å². The van der Waals surface area contributed by atoms with Crippen molar-refractivity contribution in [3.05, 3.63) is 76.9 Å². The molecule has 0 aliphatic rings. The zero-order valence-electron chi connectivity index (χ0n) is 16.1. The van der Waals surface area contributed by atoms with E-state index < -0.39 is 5.97 Å². The fourth-order valence-electron chi connectivity index (χ4n) is 3.55. The van der Waals surface area contributed by atoms with Gasteiger partial charge in [0.15, 0.2) is 0 Å². The normalized spacial score (nSPS) is 12.8. The van der Waals surface area contributed by atoms with Gasteiger partial charge >= 0.3 is 5.97 Å². The summed E-state index contributed by atoms with van der Waals surface area (Å²) in [5.74, 6) is -0.842. The highest BCUT2D eigenvalue weighted by Gasteiger charge is 2.22. The van der Waals surface area contributed by atoms with E-state index in [1.165, 1.54) is 12.8 Å². The third-order valence-electron chi connectivity index (χ3n) is 4.96. The lowest BCUT2D eigenvalue weighted by Gasteiger charge is -2.21. The number of nitrogens with zero attached hydrogens (tertiary/aromatic N) is 1. The van der Waals surface area contributed by atoms with E-state index in [0.29, 0.717) is 11.5 Å². The molecule has 1 atom stereocenters. The van der Waals surface area contributed by atoms with Gasteiger partial charge in [-0.25, -0.2) is 4.79 Å². The van der Waals surface area contributed by atoms with Gasteiger partial charge in [-0.15, -0.1) is 0 Å². The summed E-state index contributed by atoms with van der Waals surface area (Å²) in [6.45, 7) is 4.36. The number of benzene rings is 2. The van der Waals surface area contributed by atoms with Crippen LogP contribution < -0.4 is 0 Å². The highest BCUT2D eigenvalue weighted by Crippen LogP contribution is 2.36. The van der Waals surface area contributed by atoms with E-state index in [4.69, 9.17) is 0 Å². The zero-order chi connectivity index (χ0) is 19.6. The average molecular weight is 361 g/mol. The van der Waals surface area contributed by atoms with E-state index in [1.54, 1.807) is 0 Å². The average Bonchev–Trinajstić information content (AvgIpc) is 2.70. The quantitative estimate of drug-likeness (QED) is 0.330. The SMILES string of the molecule is CCCCCC(CC)c1ccccc1/C(=C(\C#N)C(=O)O)c1ccccc1. The fraction of sp³-hybridized carbons (Fsp3) is 0.333. The first-order chi connectivity index (χ1) is 13.1. The maximum Gasteiger partial charge on any atom is 0.347 e. The molecule has 0 bridgehead atoms. The summed E-state index contributed by atoms with van der Waals surface area (Å²) in [4.78, 5) is 11.8. The number of hydrogen-bond acceptors (Lipinski definition) is 2. The molecule has 140 valence electrons. The van der Waals surface area contributed by atoms with Gasteiger partial charge in [-0.2, -0.15) is 5.26 Å². The number of unbranched alkanes of at least 4 members (excludes halogenated alkanes) is 2. The maximum atomic E-state index is 11.8. The van der Waals surface area contributed by atoms with Gasteiger partial charge < -0.3 is 5.11 Å².